The maximum atomic E-state index is 13.1. The van der Waals surface area contributed by atoms with Crippen molar-refractivity contribution in [2.75, 3.05) is 19.8 Å². The number of ether oxygens (including phenoxy) is 1. The van der Waals surface area contributed by atoms with Gasteiger partial charge in [-0.15, -0.1) is 11.3 Å². The number of hydrogen-bond donors (Lipinski definition) is 1. The van der Waals surface area contributed by atoms with Crippen LogP contribution in [0.15, 0.2) is 41.5 Å². The molecule has 5 nitrogen and oxygen atoms in total. The fraction of sp³-hybridized carbons (Fsp3) is 0.333. The fourth-order valence-electron chi connectivity index (χ4n) is 3.19. The molecule has 0 unspecified atom stereocenters. The Hall–Kier alpha value is -2.02. The smallest absolute Gasteiger partial charge is 0.262 e. The average Bonchev–Trinajstić information content (AvgIpc) is 2.90. The summed E-state index contributed by atoms with van der Waals surface area (Å²) in [5.74, 6) is 0. The molecule has 0 spiro atoms. The first-order valence-electron chi connectivity index (χ1n) is 7.86. The molecule has 1 N–H and O–H groups in total. The Morgan fingerprint density at radius 1 is 1.33 bits per heavy atom. The second-order valence-electron chi connectivity index (χ2n) is 6.41. The number of benzene rings is 1. The quantitative estimate of drug-likeness (QED) is 0.791. The first-order valence-corrected chi connectivity index (χ1v) is 8.68. The lowest BCUT2D eigenvalue weighted by atomic mass is 9.87. The Morgan fingerprint density at radius 2 is 2.08 bits per heavy atom. The van der Waals surface area contributed by atoms with Crippen molar-refractivity contribution in [2.24, 2.45) is 5.41 Å². The van der Waals surface area contributed by atoms with Crippen molar-refractivity contribution < 1.29 is 9.84 Å². The summed E-state index contributed by atoms with van der Waals surface area (Å²) in [7, 11) is 0. The van der Waals surface area contributed by atoms with Crippen molar-refractivity contribution in [3.63, 3.8) is 0 Å². The van der Waals surface area contributed by atoms with E-state index in [1.54, 1.807) is 22.2 Å². The Kier molecular flexibility index (Phi) is 3.75. The minimum atomic E-state index is -0.364. The number of aliphatic hydroxyl groups is 1. The molecular weight excluding hydrogens is 324 g/mol. The van der Waals surface area contributed by atoms with E-state index in [1.807, 2.05) is 37.3 Å². The largest absolute Gasteiger partial charge is 0.396 e. The van der Waals surface area contributed by atoms with E-state index >= 15 is 0 Å². The summed E-state index contributed by atoms with van der Waals surface area (Å²) in [6, 6.07) is 9.94. The van der Waals surface area contributed by atoms with Crippen LogP contribution < -0.4 is 5.56 Å². The van der Waals surface area contributed by atoms with Crippen molar-refractivity contribution >= 4 is 21.6 Å². The summed E-state index contributed by atoms with van der Waals surface area (Å²) in [6.45, 7) is 3.40. The predicted molar refractivity (Wildman–Crippen MR) is 94.4 cm³/mol. The summed E-state index contributed by atoms with van der Waals surface area (Å²) in [5.41, 5.74) is 1.58. The van der Waals surface area contributed by atoms with Crippen LogP contribution in [0.25, 0.3) is 21.3 Å². The van der Waals surface area contributed by atoms with Crippen molar-refractivity contribution in [3.05, 3.63) is 51.9 Å². The lowest BCUT2D eigenvalue weighted by Crippen LogP contribution is -2.50. The first-order chi connectivity index (χ1) is 11.6. The standard InChI is InChI=1S/C18H18N2O3S/c1-12-14(13-5-3-2-4-6-13)15-16(24-12)19-11-20(17(15)22)7-18(8-21)9-23-10-18/h2-6,11,21H,7-10H2,1H3. The van der Waals surface area contributed by atoms with Crippen molar-refractivity contribution in [1.29, 1.82) is 0 Å². The van der Waals surface area contributed by atoms with Gasteiger partial charge in [-0.3, -0.25) is 9.36 Å². The Morgan fingerprint density at radius 3 is 2.71 bits per heavy atom. The van der Waals surface area contributed by atoms with Gasteiger partial charge in [-0.25, -0.2) is 4.98 Å². The van der Waals surface area contributed by atoms with Crippen LogP contribution in [0.1, 0.15) is 4.88 Å². The van der Waals surface area contributed by atoms with E-state index in [0.29, 0.717) is 25.1 Å². The van der Waals surface area contributed by atoms with E-state index in [0.717, 1.165) is 20.8 Å². The molecule has 24 heavy (non-hydrogen) atoms. The van der Waals surface area contributed by atoms with Gasteiger partial charge in [0.1, 0.15) is 4.83 Å². The van der Waals surface area contributed by atoms with E-state index < -0.39 is 0 Å². The van der Waals surface area contributed by atoms with Gasteiger partial charge in [0.05, 0.1) is 36.9 Å². The Bertz CT molecular complexity index is 937. The zero-order chi connectivity index (χ0) is 16.7. The summed E-state index contributed by atoms with van der Waals surface area (Å²) in [4.78, 5) is 19.4. The molecule has 0 radical (unpaired) electrons. The highest BCUT2D eigenvalue weighted by atomic mass is 32.1. The van der Waals surface area contributed by atoms with Crippen molar-refractivity contribution in [3.8, 4) is 11.1 Å². The third-order valence-corrected chi connectivity index (χ3v) is 5.59. The van der Waals surface area contributed by atoms with Crippen LogP contribution in [0.2, 0.25) is 0 Å². The van der Waals surface area contributed by atoms with Gasteiger partial charge in [0.25, 0.3) is 5.56 Å². The van der Waals surface area contributed by atoms with E-state index in [1.165, 1.54) is 0 Å². The lowest BCUT2D eigenvalue weighted by Gasteiger charge is -2.39. The summed E-state index contributed by atoms with van der Waals surface area (Å²) in [6.07, 6.45) is 1.59. The Labute approximate surface area is 143 Å². The molecule has 1 fully saturated rings. The second-order valence-corrected chi connectivity index (χ2v) is 7.61. The van der Waals surface area contributed by atoms with Crippen LogP contribution in [0, 0.1) is 12.3 Å². The van der Waals surface area contributed by atoms with Crippen LogP contribution >= 0.6 is 11.3 Å². The van der Waals surface area contributed by atoms with E-state index in [2.05, 4.69) is 4.98 Å². The van der Waals surface area contributed by atoms with E-state index in [4.69, 9.17) is 4.74 Å². The van der Waals surface area contributed by atoms with Crippen LogP contribution in [-0.4, -0.2) is 34.5 Å². The van der Waals surface area contributed by atoms with Crippen molar-refractivity contribution in [2.45, 2.75) is 13.5 Å². The minimum absolute atomic E-state index is 0.00564. The third kappa shape index (κ3) is 2.38. The normalized spacial score (nSPS) is 16.2. The maximum Gasteiger partial charge on any atom is 0.262 e. The molecule has 2 aromatic heterocycles. The molecule has 6 heteroatoms. The van der Waals surface area contributed by atoms with Gasteiger partial charge in [0, 0.05) is 17.0 Å². The number of fused-ring (bicyclic) bond motifs is 1. The molecule has 0 aliphatic carbocycles. The maximum absolute atomic E-state index is 13.1. The monoisotopic (exact) mass is 342 g/mol. The SMILES string of the molecule is Cc1sc2ncn(CC3(CO)COC3)c(=O)c2c1-c1ccccc1. The molecule has 4 rings (SSSR count). The molecule has 0 amide bonds. The van der Waals surface area contributed by atoms with Gasteiger partial charge in [-0.2, -0.15) is 0 Å². The lowest BCUT2D eigenvalue weighted by molar-refractivity contribution is -0.145. The highest BCUT2D eigenvalue weighted by Crippen LogP contribution is 2.35. The molecule has 0 atom stereocenters. The zero-order valence-corrected chi connectivity index (χ0v) is 14.2. The van der Waals surface area contributed by atoms with Gasteiger partial charge in [-0.05, 0) is 12.5 Å². The highest BCUT2D eigenvalue weighted by molar-refractivity contribution is 7.19. The first kappa shape index (κ1) is 15.5. The van der Waals surface area contributed by atoms with Gasteiger partial charge in [0.15, 0.2) is 0 Å². The molecule has 1 aliphatic heterocycles. The molecule has 1 saturated heterocycles. The number of hydrogen-bond acceptors (Lipinski definition) is 5. The topological polar surface area (TPSA) is 64.3 Å². The van der Waals surface area contributed by atoms with Gasteiger partial charge < -0.3 is 9.84 Å². The summed E-state index contributed by atoms with van der Waals surface area (Å²) >= 11 is 1.54. The predicted octanol–water partition coefficient (Wildman–Crippen LogP) is 2.44. The van der Waals surface area contributed by atoms with Crippen LogP contribution in [0.4, 0.5) is 0 Å². The molecule has 1 aromatic carbocycles. The van der Waals surface area contributed by atoms with Crippen molar-refractivity contribution in [1.82, 2.24) is 9.55 Å². The molecule has 0 saturated carbocycles. The summed E-state index contributed by atoms with van der Waals surface area (Å²) in [5, 5.41) is 10.3. The van der Waals surface area contributed by atoms with Crippen LogP contribution in [0.3, 0.4) is 0 Å². The number of thiophene rings is 1. The number of rotatable bonds is 4. The summed E-state index contributed by atoms with van der Waals surface area (Å²) < 4.78 is 6.84. The minimum Gasteiger partial charge on any atom is -0.396 e. The molecule has 3 heterocycles. The third-order valence-electron chi connectivity index (χ3n) is 4.57. The van der Waals surface area contributed by atoms with Gasteiger partial charge >= 0.3 is 0 Å². The Balaban J connectivity index is 1.88. The zero-order valence-electron chi connectivity index (χ0n) is 13.4. The van der Waals surface area contributed by atoms with Gasteiger partial charge in [0.2, 0.25) is 0 Å². The molecule has 0 bridgehead atoms. The number of aryl methyl sites for hydroxylation is 1. The molecule has 124 valence electrons. The van der Waals surface area contributed by atoms with Crippen LogP contribution in [0.5, 0.6) is 0 Å². The molecule has 1 aliphatic rings. The second kappa shape index (κ2) is 5.81. The number of aromatic nitrogens is 2. The average molecular weight is 342 g/mol. The molecular formula is C18H18N2O3S. The van der Waals surface area contributed by atoms with E-state index in [-0.39, 0.29) is 17.6 Å². The van der Waals surface area contributed by atoms with Crippen LogP contribution in [-0.2, 0) is 11.3 Å². The van der Waals surface area contributed by atoms with Gasteiger partial charge in [-0.1, -0.05) is 30.3 Å². The molecule has 3 aromatic rings. The highest BCUT2D eigenvalue weighted by Gasteiger charge is 2.39. The van der Waals surface area contributed by atoms with E-state index in [9.17, 15) is 9.90 Å². The fourth-order valence-corrected chi connectivity index (χ4v) is 4.19. The number of nitrogens with zero attached hydrogens (tertiary/aromatic N) is 2. The number of aliphatic hydroxyl groups excluding tert-OH is 1.